The number of para-hydroxylation sites is 1. The number of rotatable bonds is 4. The van der Waals surface area contributed by atoms with Gasteiger partial charge in [-0.25, -0.2) is 0 Å². The van der Waals surface area contributed by atoms with Crippen LogP contribution in [0.15, 0.2) is 42.5 Å². The number of fused-ring (bicyclic) bond motifs is 1. The van der Waals surface area contributed by atoms with Crippen LogP contribution in [-0.2, 0) is 0 Å². The molecule has 0 radical (unpaired) electrons. The van der Waals surface area contributed by atoms with Crippen LogP contribution in [0.25, 0.3) is 0 Å². The van der Waals surface area contributed by atoms with Gasteiger partial charge in [0.15, 0.2) is 0 Å². The fraction of sp³-hybridized carbons (Fsp3) is 0.294. The van der Waals surface area contributed by atoms with Crippen LogP contribution in [0.1, 0.15) is 30.0 Å². The molecule has 0 fully saturated rings. The van der Waals surface area contributed by atoms with Gasteiger partial charge in [0.2, 0.25) is 0 Å². The van der Waals surface area contributed by atoms with Gasteiger partial charge in [0, 0.05) is 34.1 Å². The minimum absolute atomic E-state index is 0.169. The minimum atomic E-state index is 0.169. The van der Waals surface area contributed by atoms with E-state index in [0.717, 1.165) is 24.5 Å². The second-order valence-corrected chi connectivity index (χ2v) is 6.19. The van der Waals surface area contributed by atoms with Gasteiger partial charge in [-0.15, -0.1) is 0 Å². The Kier molecular flexibility index (Phi) is 4.39. The zero-order valence-electron chi connectivity index (χ0n) is 11.8. The number of benzene rings is 2. The van der Waals surface area contributed by atoms with Crippen molar-refractivity contribution in [2.24, 2.45) is 0 Å². The first-order valence-corrected chi connectivity index (χ1v) is 7.81. The molecule has 0 amide bonds. The van der Waals surface area contributed by atoms with Crippen LogP contribution in [0.4, 0.5) is 0 Å². The molecule has 0 aliphatic carbocycles. The Balaban J connectivity index is 1.66. The molecule has 4 heteroatoms. The molecule has 1 heterocycles. The molecule has 110 valence electrons. The summed E-state index contributed by atoms with van der Waals surface area (Å²) in [5.74, 6) is 1.39. The standard InChI is InChI=1S/C17H17Cl2NO/c1-11(14-7-6-13(18)8-16(14)19)20-9-12-10-21-17-5-3-2-4-15(12)17/h2-8,11-12,20H,9-10H2,1H3. The molecule has 0 spiro atoms. The van der Waals surface area contributed by atoms with Gasteiger partial charge >= 0.3 is 0 Å². The van der Waals surface area contributed by atoms with Crippen molar-refractivity contribution >= 4 is 23.2 Å². The zero-order valence-corrected chi connectivity index (χ0v) is 13.3. The Bertz CT molecular complexity index is 644. The Morgan fingerprint density at radius 3 is 2.86 bits per heavy atom. The van der Waals surface area contributed by atoms with E-state index >= 15 is 0 Å². The number of nitrogens with one attached hydrogen (secondary N) is 1. The van der Waals surface area contributed by atoms with Crippen molar-refractivity contribution in [3.8, 4) is 5.75 Å². The van der Waals surface area contributed by atoms with Crippen molar-refractivity contribution in [1.29, 1.82) is 0 Å². The van der Waals surface area contributed by atoms with Crippen LogP contribution < -0.4 is 10.1 Å². The van der Waals surface area contributed by atoms with Crippen LogP contribution >= 0.6 is 23.2 Å². The average Bonchev–Trinajstić information content (AvgIpc) is 2.88. The van der Waals surface area contributed by atoms with Crippen LogP contribution in [0.2, 0.25) is 10.0 Å². The summed E-state index contributed by atoms with van der Waals surface area (Å²) in [4.78, 5) is 0. The highest BCUT2D eigenvalue weighted by molar-refractivity contribution is 6.35. The van der Waals surface area contributed by atoms with E-state index in [-0.39, 0.29) is 6.04 Å². The summed E-state index contributed by atoms with van der Waals surface area (Å²) in [5, 5.41) is 4.90. The zero-order chi connectivity index (χ0) is 14.8. The molecule has 1 aliphatic heterocycles. The van der Waals surface area contributed by atoms with Gasteiger partial charge in [0.1, 0.15) is 5.75 Å². The molecule has 21 heavy (non-hydrogen) atoms. The maximum Gasteiger partial charge on any atom is 0.122 e. The molecule has 3 rings (SSSR count). The smallest absolute Gasteiger partial charge is 0.122 e. The van der Waals surface area contributed by atoms with Crippen LogP contribution in [0.5, 0.6) is 5.75 Å². The maximum atomic E-state index is 6.25. The van der Waals surface area contributed by atoms with Gasteiger partial charge in [-0.2, -0.15) is 0 Å². The third-order valence-corrected chi connectivity index (χ3v) is 4.46. The molecule has 2 aromatic carbocycles. The highest BCUT2D eigenvalue weighted by Gasteiger charge is 2.24. The first kappa shape index (κ1) is 14.7. The minimum Gasteiger partial charge on any atom is -0.493 e. The summed E-state index contributed by atoms with van der Waals surface area (Å²) >= 11 is 12.2. The normalized spacial score (nSPS) is 18.1. The quantitative estimate of drug-likeness (QED) is 0.871. The summed E-state index contributed by atoms with van der Waals surface area (Å²) in [5.41, 5.74) is 2.34. The number of hydrogen-bond acceptors (Lipinski definition) is 2. The summed E-state index contributed by atoms with van der Waals surface area (Å²) in [6.45, 7) is 3.70. The van der Waals surface area contributed by atoms with E-state index in [1.54, 1.807) is 6.07 Å². The molecule has 2 unspecified atom stereocenters. The first-order valence-electron chi connectivity index (χ1n) is 7.05. The van der Waals surface area contributed by atoms with Gasteiger partial charge < -0.3 is 10.1 Å². The lowest BCUT2D eigenvalue weighted by Crippen LogP contribution is -2.25. The second-order valence-electron chi connectivity index (χ2n) is 5.34. The molecule has 0 bridgehead atoms. The third kappa shape index (κ3) is 3.18. The van der Waals surface area contributed by atoms with Crippen molar-refractivity contribution in [2.75, 3.05) is 13.2 Å². The molecule has 1 aliphatic rings. The Hall–Kier alpha value is -1.22. The second kappa shape index (κ2) is 6.27. The fourth-order valence-corrected chi connectivity index (χ4v) is 3.25. The largest absolute Gasteiger partial charge is 0.493 e. The fourth-order valence-electron chi connectivity index (χ4n) is 2.68. The van der Waals surface area contributed by atoms with Crippen molar-refractivity contribution in [3.05, 3.63) is 63.6 Å². The van der Waals surface area contributed by atoms with E-state index in [1.807, 2.05) is 24.3 Å². The summed E-state index contributed by atoms with van der Waals surface area (Å²) in [6, 6.07) is 14.0. The molecular weight excluding hydrogens is 305 g/mol. The monoisotopic (exact) mass is 321 g/mol. The van der Waals surface area contributed by atoms with Crippen molar-refractivity contribution in [3.63, 3.8) is 0 Å². The van der Waals surface area contributed by atoms with Crippen LogP contribution in [-0.4, -0.2) is 13.2 Å². The van der Waals surface area contributed by atoms with E-state index in [4.69, 9.17) is 27.9 Å². The van der Waals surface area contributed by atoms with E-state index in [1.165, 1.54) is 5.56 Å². The Morgan fingerprint density at radius 2 is 2.05 bits per heavy atom. The number of halogens is 2. The van der Waals surface area contributed by atoms with Crippen LogP contribution in [0, 0.1) is 0 Å². The summed E-state index contributed by atoms with van der Waals surface area (Å²) in [7, 11) is 0. The number of ether oxygens (including phenoxy) is 1. The average molecular weight is 322 g/mol. The molecular formula is C17H17Cl2NO. The van der Waals surface area contributed by atoms with E-state index in [0.29, 0.717) is 16.0 Å². The van der Waals surface area contributed by atoms with Gasteiger partial charge in [-0.1, -0.05) is 47.5 Å². The van der Waals surface area contributed by atoms with Crippen molar-refractivity contribution in [1.82, 2.24) is 5.32 Å². The van der Waals surface area contributed by atoms with E-state index < -0.39 is 0 Å². The van der Waals surface area contributed by atoms with Gasteiger partial charge in [0.25, 0.3) is 0 Å². The van der Waals surface area contributed by atoms with Gasteiger partial charge in [-0.3, -0.25) is 0 Å². The van der Waals surface area contributed by atoms with Crippen molar-refractivity contribution in [2.45, 2.75) is 18.9 Å². The topological polar surface area (TPSA) is 21.3 Å². The highest BCUT2D eigenvalue weighted by Crippen LogP contribution is 2.33. The lowest BCUT2D eigenvalue weighted by atomic mass is 10.0. The molecule has 1 N–H and O–H groups in total. The Labute approximate surface area is 135 Å². The Morgan fingerprint density at radius 1 is 1.24 bits per heavy atom. The first-order chi connectivity index (χ1) is 10.1. The molecule has 0 aromatic heterocycles. The predicted octanol–water partition coefficient (Wildman–Crippen LogP) is 4.82. The number of hydrogen-bond donors (Lipinski definition) is 1. The lowest BCUT2D eigenvalue weighted by Gasteiger charge is -2.18. The summed E-state index contributed by atoms with van der Waals surface area (Å²) < 4.78 is 5.71. The molecule has 2 nitrogen and oxygen atoms in total. The van der Waals surface area contributed by atoms with E-state index in [9.17, 15) is 0 Å². The van der Waals surface area contributed by atoms with Crippen molar-refractivity contribution < 1.29 is 4.74 Å². The molecule has 2 aromatic rings. The van der Waals surface area contributed by atoms with E-state index in [2.05, 4.69) is 24.4 Å². The maximum absolute atomic E-state index is 6.25. The molecule has 0 saturated heterocycles. The van der Waals surface area contributed by atoms with Gasteiger partial charge in [-0.05, 0) is 30.7 Å². The van der Waals surface area contributed by atoms with Crippen LogP contribution in [0.3, 0.4) is 0 Å². The third-order valence-electron chi connectivity index (χ3n) is 3.90. The SMILES string of the molecule is CC(NCC1COc2ccccc21)c1ccc(Cl)cc1Cl. The summed E-state index contributed by atoms with van der Waals surface area (Å²) in [6.07, 6.45) is 0. The van der Waals surface area contributed by atoms with Gasteiger partial charge in [0.05, 0.1) is 6.61 Å². The predicted molar refractivity (Wildman–Crippen MR) is 87.6 cm³/mol. The molecule has 0 saturated carbocycles. The highest BCUT2D eigenvalue weighted by atomic mass is 35.5. The molecule has 2 atom stereocenters. The lowest BCUT2D eigenvalue weighted by molar-refractivity contribution is 0.323.